The smallest absolute Gasteiger partial charge is 0.274 e. The predicted molar refractivity (Wildman–Crippen MR) is 86.9 cm³/mol. The van der Waals surface area contributed by atoms with Gasteiger partial charge in [-0.15, -0.1) is 0 Å². The van der Waals surface area contributed by atoms with Crippen LogP contribution in [0.25, 0.3) is 11.3 Å². The van der Waals surface area contributed by atoms with E-state index in [-0.39, 0.29) is 17.2 Å². The highest BCUT2D eigenvalue weighted by Crippen LogP contribution is 2.19. The van der Waals surface area contributed by atoms with E-state index in [0.29, 0.717) is 5.69 Å². The maximum Gasteiger partial charge on any atom is 0.274 e. The van der Waals surface area contributed by atoms with Crippen LogP contribution in [0.5, 0.6) is 0 Å². The van der Waals surface area contributed by atoms with Gasteiger partial charge in [0.2, 0.25) is 5.91 Å². The molecule has 0 fully saturated rings. The van der Waals surface area contributed by atoms with Crippen LogP contribution in [0.2, 0.25) is 0 Å². The van der Waals surface area contributed by atoms with E-state index in [0.717, 1.165) is 11.3 Å². The molecule has 0 spiro atoms. The van der Waals surface area contributed by atoms with Crippen molar-refractivity contribution in [1.82, 2.24) is 9.97 Å². The van der Waals surface area contributed by atoms with Crippen molar-refractivity contribution in [2.75, 3.05) is 5.32 Å². The molecule has 2 amide bonds. The van der Waals surface area contributed by atoms with E-state index in [1.807, 2.05) is 42.6 Å². The maximum atomic E-state index is 12.1. The quantitative estimate of drug-likeness (QED) is 0.690. The van der Waals surface area contributed by atoms with E-state index in [4.69, 9.17) is 5.73 Å². The molecule has 0 aliphatic rings. The van der Waals surface area contributed by atoms with Crippen LogP contribution in [0.3, 0.4) is 0 Å². The fraction of sp³-hybridized carbons (Fsp3) is 0. The number of amides is 2. The monoisotopic (exact) mass is 306 g/mol. The second kappa shape index (κ2) is 6.15. The summed E-state index contributed by atoms with van der Waals surface area (Å²) in [7, 11) is 0. The average molecular weight is 306 g/mol. The molecule has 6 nitrogen and oxygen atoms in total. The number of hydrogen-bond donors (Lipinski definition) is 3. The highest BCUT2D eigenvalue weighted by Gasteiger charge is 2.09. The van der Waals surface area contributed by atoms with E-state index in [1.54, 1.807) is 0 Å². The third kappa shape index (κ3) is 3.26. The molecule has 6 heteroatoms. The number of hydrogen-bond acceptors (Lipinski definition) is 3. The van der Waals surface area contributed by atoms with Gasteiger partial charge in [0.15, 0.2) is 0 Å². The Bertz CT molecular complexity index is 822. The van der Waals surface area contributed by atoms with Crippen LogP contribution in [0.1, 0.15) is 20.8 Å². The average Bonchev–Trinajstić information content (AvgIpc) is 3.10. The van der Waals surface area contributed by atoms with Crippen molar-refractivity contribution in [2.45, 2.75) is 0 Å². The molecule has 0 saturated heterocycles. The van der Waals surface area contributed by atoms with Crippen molar-refractivity contribution in [3.8, 4) is 11.3 Å². The number of pyridine rings is 1. The van der Waals surface area contributed by atoms with Crippen LogP contribution in [-0.4, -0.2) is 21.8 Å². The van der Waals surface area contributed by atoms with Gasteiger partial charge >= 0.3 is 0 Å². The Kier molecular flexibility index (Phi) is 3.88. The second-order valence-corrected chi connectivity index (χ2v) is 4.91. The van der Waals surface area contributed by atoms with E-state index in [9.17, 15) is 9.59 Å². The summed E-state index contributed by atoms with van der Waals surface area (Å²) in [6.45, 7) is 0. The van der Waals surface area contributed by atoms with E-state index in [2.05, 4.69) is 15.3 Å². The predicted octanol–water partition coefficient (Wildman–Crippen LogP) is 2.43. The number of H-pyrrole nitrogens is 1. The molecule has 0 radical (unpaired) electrons. The van der Waals surface area contributed by atoms with Crippen LogP contribution in [0.15, 0.2) is 60.9 Å². The van der Waals surface area contributed by atoms with Gasteiger partial charge in [-0.05, 0) is 42.0 Å². The number of nitrogens with zero attached hydrogens (tertiary/aromatic N) is 1. The van der Waals surface area contributed by atoms with Gasteiger partial charge in [-0.3, -0.25) is 14.6 Å². The number of aromatic amines is 1. The van der Waals surface area contributed by atoms with Gasteiger partial charge < -0.3 is 16.0 Å². The summed E-state index contributed by atoms with van der Waals surface area (Å²) < 4.78 is 0. The number of carbonyl (C=O) groups is 2. The van der Waals surface area contributed by atoms with E-state index in [1.165, 1.54) is 18.3 Å². The van der Waals surface area contributed by atoms with Crippen molar-refractivity contribution in [1.29, 1.82) is 0 Å². The Hall–Kier alpha value is -3.41. The molecule has 2 aromatic heterocycles. The number of nitrogens with two attached hydrogens (primary N) is 1. The number of anilines is 1. The minimum atomic E-state index is -0.579. The van der Waals surface area contributed by atoms with Gasteiger partial charge in [0.1, 0.15) is 5.69 Å². The zero-order chi connectivity index (χ0) is 16.2. The van der Waals surface area contributed by atoms with Crippen molar-refractivity contribution in [3.63, 3.8) is 0 Å². The van der Waals surface area contributed by atoms with Gasteiger partial charge in [-0.2, -0.15) is 0 Å². The molecule has 0 bridgehead atoms. The van der Waals surface area contributed by atoms with Crippen molar-refractivity contribution < 1.29 is 9.59 Å². The lowest BCUT2D eigenvalue weighted by Gasteiger charge is -2.06. The molecule has 0 aliphatic heterocycles. The molecule has 3 aromatic rings. The minimum Gasteiger partial charge on any atom is -0.366 e. The third-order valence-electron chi connectivity index (χ3n) is 3.33. The molecule has 0 saturated carbocycles. The van der Waals surface area contributed by atoms with Gasteiger partial charge in [0.25, 0.3) is 5.91 Å². The van der Waals surface area contributed by atoms with Crippen LogP contribution in [0, 0.1) is 0 Å². The minimum absolute atomic E-state index is 0.212. The summed E-state index contributed by atoms with van der Waals surface area (Å²) in [6.07, 6.45) is 3.14. The number of primary amides is 1. The fourth-order valence-electron chi connectivity index (χ4n) is 2.11. The highest BCUT2D eigenvalue weighted by atomic mass is 16.2. The Labute approximate surface area is 132 Å². The van der Waals surface area contributed by atoms with Crippen molar-refractivity contribution >= 4 is 17.5 Å². The van der Waals surface area contributed by atoms with Crippen LogP contribution in [0.4, 0.5) is 5.69 Å². The normalized spacial score (nSPS) is 10.3. The molecule has 0 aliphatic carbocycles. The lowest BCUT2D eigenvalue weighted by Crippen LogP contribution is -2.15. The molecular formula is C17H14N4O2. The topological polar surface area (TPSA) is 101 Å². The van der Waals surface area contributed by atoms with Crippen LogP contribution < -0.4 is 11.1 Å². The first-order valence-corrected chi connectivity index (χ1v) is 6.94. The van der Waals surface area contributed by atoms with E-state index >= 15 is 0 Å². The Morgan fingerprint density at radius 3 is 2.39 bits per heavy atom. The fourth-order valence-corrected chi connectivity index (χ4v) is 2.11. The summed E-state index contributed by atoms with van der Waals surface area (Å²) in [5.41, 5.74) is 8.30. The number of aromatic nitrogens is 2. The summed E-state index contributed by atoms with van der Waals surface area (Å²) in [5.74, 6) is -0.932. The molecule has 114 valence electrons. The number of carbonyl (C=O) groups excluding carboxylic acids is 2. The Balaban J connectivity index is 1.71. The van der Waals surface area contributed by atoms with Gasteiger partial charge in [-0.1, -0.05) is 12.1 Å². The number of benzene rings is 1. The van der Waals surface area contributed by atoms with Gasteiger partial charge in [-0.25, -0.2) is 0 Å². The first-order chi connectivity index (χ1) is 11.1. The standard InChI is InChI=1S/C17H14N4O2/c18-16(22)12-5-8-15(20-10-12)17(23)21-13-6-3-11(4-7-13)14-2-1-9-19-14/h1-10,19H,(H2,18,22)(H,21,23). The number of nitrogens with one attached hydrogen (secondary N) is 2. The lowest BCUT2D eigenvalue weighted by atomic mass is 10.1. The molecule has 0 atom stereocenters. The van der Waals surface area contributed by atoms with E-state index < -0.39 is 5.91 Å². The Morgan fingerprint density at radius 1 is 1.04 bits per heavy atom. The lowest BCUT2D eigenvalue weighted by molar-refractivity contribution is 0.0993. The van der Waals surface area contributed by atoms with Crippen molar-refractivity contribution in [3.05, 3.63) is 72.2 Å². The highest BCUT2D eigenvalue weighted by molar-refractivity contribution is 6.03. The largest absolute Gasteiger partial charge is 0.366 e. The van der Waals surface area contributed by atoms with Crippen LogP contribution in [-0.2, 0) is 0 Å². The molecular weight excluding hydrogens is 292 g/mol. The number of rotatable bonds is 4. The molecule has 23 heavy (non-hydrogen) atoms. The zero-order valence-electron chi connectivity index (χ0n) is 12.1. The zero-order valence-corrected chi connectivity index (χ0v) is 12.1. The Morgan fingerprint density at radius 2 is 1.83 bits per heavy atom. The molecule has 3 rings (SSSR count). The first kappa shape index (κ1) is 14.5. The van der Waals surface area contributed by atoms with Crippen molar-refractivity contribution in [2.24, 2.45) is 5.73 Å². The van der Waals surface area contributed by atoms with Gasteiger partial charge in [0.05, 0.1) is 5.56 Å². The molecule has 1 aromatic carbocycles. The summed E-state index contributed by atoms with van der Waals surface area (Å²) in [6, 6.07) is 14.3. The molecule has 4 N–H and O–H groups in total. The maximum absolute atomic E-state index is 12.1. The molecule has 2 heterocycles. The van der Waals surface area contributed by atoms with Gasteiger partial charge in [0, 0.05) is 23.8 Å². The summed E-state index contributed by atoms with van der Waals surface area (Å²) in [4.78, 5) is 30.1. The summed E-state index contributed by atoms with van der Waals surface area (Å²) >= 11 is 0. The van der Waals surface area contributed by atoms with Crippen LogP contribution >= 0.6 is 0 Å². The molecule has 0 unspecified atom stereocenters. The SMILES string of the molecule is NC(=O)c1ccc(C(=O)Nc2ccc(-c3ccc[nH]3)cc2)nc1. The third-order valence-corrected chi connectivity index (χ3v) is 3.33. The second-order valence-electron chi connectivity index (χ2n) is 4.91. The summed E-state index contributed by atoms with van der Waals surface area (Å²) in [5, 5.41) is 2.75. The first-order valence-electron chi connectivity index (χ1n) is 6.94.